The van der Waals surface area contributed by atoms with Crippen LogP contribution >= 0.6 is 0 Å². The summed E-state index contributed by atoms with van der Waals surface area (Å²) in [5.41, 5.74) is 0.713. The molecule has 0 radical (unpaired) electrons. The van der Waals surface area contributed by atoms with Gasteiger partial charge in [-0.15, -0.1) is 0 Å². The molecule has 0 aromatic heterocycles. The maximum atomic E-state index is 13.7. The highest BCUT2D eigenvalue weighted by molar-refractivity contribution is 5.74. The summed E-state index contributed by atoms with van der Waals surface area (Å²) in [6, 6.07) is 4.50. The van der Waals surface area contributed by atoms with Crippen LogP contribution in [0.25, 0.3) is 0 Å². The third-order valence-electron chi connectivity index (χ3n) is 4.45. The molecule has 1 aromatic rings. The van der Waals surface area contributed by atoms with Gasteiger partial charge in [-0.25, -0.2) is 9.18 Å². The molecule has 0 saturated heterocycles. The van der Waals surface area contributed by atoms with Crippen molar-refractivity contribution in [2.75, 3.05) is 7.11 Å². The van der Waals surface area contributed by atoms with E-state index in [4.69, 9.17) is 4.74 Å². The van der Waals surface area contributed by atoms with Crippen molar-refractivity contribution in [1.82, 2.24) is 10.6 Å². The summed E-state index contributed by atoms with van der Waals surface area (Å²) >= 11 is 0. The highest BCUT2D eigenvalue weighted by Crippen LogP contribution is 2.24. The standard InChI is InChI=1S/C17H25FN2O2/c1-11-6-4-5-7-15(11)20-17(21)19-12(2)13-8-9-16(22-3)14(18)10-13/h8-12,15H,4-7H2,1-3H3,(H2,19,20,21). The largest absolute Gasteiger partial charge is 0.494 e. The lowest BCUT2D eigenvalue weighted by Crippen LogP contribution is -2.46. The van der Waals surface area contributed by atoms with Crippen molar-refractivity contribution >= 4 is 6.03 Å². The Balaban J connectivity index is 1.91. The molecular weight excluding hydrogens is 283 g/mol. The number of carbonyl (C=O) groups excluding carboxylic acids is 1. The monoisotopic (exact) mass is 308 g/mol. The van der Waals surface area contributed by atoms with Crippen LogP contribution < -0.4 is 15.4 Å². The van der Waals surface area contributed by atoms with Crippen LogP contribution in [0.15, 0.2) is 18.2 Å². The molecule has 1 saturated carbocycles. The van der Waals surface area contributed by atoms with E-state index in [1.165, 1.54) is 19.6 Å². The SMILES string of the molecule is COc1ccc(C(C)NC(=O)NC2CCCCC2C)cc1F. The van der Waals surface area contributed by atoms with Gasteiger partial charge in [0, 0.05) is 6.04 Å². The summed E-state index contributed by atoms with van der Waals surface area (Å²) < 4.78 is 18.6. The minimum absolute atomic E-state index is 0.192. The number of ether oxygens (including phenoxy) is 1. The summed E-state index contributed by atoms with van der Waals surface area (Å²) in [5.74, 6) is 0.291. The maximum Gasteiger partial charge on any atom is 0.315 e. The van der Waals surface area contributed by atoms with E-state index < -0.39 is 5.82 Å². The predicted molar refractivity (Wildman–Crippen MR) is 84.5 cm³/mol. The van der Waals surface area contributed by atoms with E-state index in [2.05, 4.69) is 17.6 Å². The summed E-state index contributed by atoms with van der Waals surface area (Å²) in [6.07, 6.45) is 4.58. The zero-order valence-corrected chi connectivity index (χ0v) is 13.5. The fourth-order valence-corrected chi connectivity index (χ4v) is 2.97. The second-order valence-corrected chi connectivity index (χ2v) is 6.10. The Morgan fingerprint density at radius 1 is 1.36 bits per heavy atom. The zero-order chi connectivity index (χ0) is 16.1. The first kappa shape index (κ1) is 16.6. The van der Waals surface area contributed by atoms with E-state index in [-0.39, 0.29) is 23.9 Å². The van der Waals surface area contributed by atoms with Crippen LogP contribution in [0.2, 0.25) is 0 Å². The molecule has 4 nitrogen and oxygen atoms in total. The third kappa shape index (κ3) is 4.12. The second kappa shape index (κ2) is 7.47. The fourth-order valence-electron chi connectivity index (χ4n) is 2.97. The van der Waals surface area contributed by atoms with Gasteiger partial charge in [0.2, 0.25) is 0 Å². The number of carbonyl (C=O) groups is 1. The van der Waals surface area contributed by atoms with Crippen molar-refractivity contribution in [2.45, 2.75) is 51.6 Å². The highest BCUT2D eigenvalue weighted by Gasteiger charge is 2.23. The topological polar surface area (TPSA) is 50.4 Å². The normalized spacial score (nSPS) is 22.7. The summed E-state index contributed by atoms with van der Waals surface area (Å²) in [5, 5.41) is 5.91. The molecule has 5 heteroatoms. The average Bonchev–Trinajstić information content (AvgIpc) is 2.49. The number of nitrogens with one attached hydrogen (secondary N) is 2. The minimum Gasteiger partial charge on any atom is -0.494 e. The molecule has 1 aliphatic rings. The molecule has 2 N–H and O–H groups in total. The number of hydrogen-bond donors (Lipinski definition) is 2. The van der Waals surface area contributed by atoms with Crippen LogP contribution in [0, 0.1) is 11.7 Å². The van der Waals surface area contributed by atoms with Crippen LogP contribution in [0.5, 0.6) is 5.75 Å². The van der Waals surface area contributed by atoms with Gasteiger partial charge < -0.3 is 15.4 Å². The number of halogens is 1. The van der Waals surface area contributed by atoms with Crippen LogP contribution in [0.1, 0.15) is 51.1 Å². The Bertz CT molecular complexity index is 521. The number of benzene rings is 1. The molecule has 1 aliphatic carbocycles. The lowest BCUT2D eigenvalue weighted by Gasteiger charge is -2.30. The molecule has 1 aromatic carbocycles. The van der Waals surface area contributed by atoms with Crippen molar-refractivity contribution in [3.05, 3.63) is 29.6 Å². The van der Waals surface area contributed by atoms with Gasteiger partial charge in [-0.05, 0) is 43.4 Å². The summed E-state index contributed by atoms with van der Waals surface area (Å²) in [7, 11) is 1.43. The highest BCUT2D eigenvalue weighted by atomic mass is 19.1. The average molecular weight is 308 g/mol. The molecular formula is C17H25FN2O2. The van der Waals surface area contributed by atoms with Gasteiger partial charge in [0.1, 0.15) is 0 Å². The number of rotatable bonds is 4. The van der Waals surface area contributed by atoms with Crippen molar-refractivity contribution in [3.8, 4) is 5.75 Å². The van der Waals surface area contributed by atoms with Crippen molar-refractivity contribution < 1.29 is 13.9 Å². The van der Waals surface area contributed by atoms with Crippen molar-refractivity contribution in [2.24, 2.45) is 5.92 Å². The Morgan fingerprint density at radius 3 is 2.73 bits per heavy atom. The second-order valence-electron chi connectivity index (χ2n) is 6.10. The smallest absolute Gasteiger partial charge is 0.315 e. The summed E-state index contributed by atoms with van der Waals surface area (Å²) in [6.45, 7) is 4.01. The lowest BCUT2D eigenvalue weighted by molar-refractivity contribution is 0.219. The maximum absolute atomic E-state index is 13.7. The first-order chi connectivity index (χ1) is 10.5. The van der Waals surface area contributed by atoms with Gasteiger partial charge in [-0.3, -0.25) is 0 Å². The van der Waals surface area contributed by atoms with E-state index in [1.807, 2.05) is 6.92 Å². The molecule has 0 bridgehead atoms. The number of urea groups is 1. The minimum atomic E-state index is -0.421. The van der Waals surface area contributed by atoms with Crippen LogP contribution in [0.4, 0.5) is 9.18 Å². The van der Waals surface area contributed by atoms with Crippen LogP contribution in [-0.2, 0) is 0 Å². The zero-order valence-electron chi connectivity index (χ0n) is 13.5. The Labute approximate surface area is 131 Å². The quantitative estimate of drug-likeness (QED) is 0.889. The molecule has 2 amide bonds. The number of amides is 2. The van der Waals surface area contributed by atoms with Crippen molar-refractivity contribution in [1.29, 1.82) is 0 Å². The fraction of sp³-hybridized carbons (Fsp3) is 0.588. The number of hydrogen-bond acceptors (Lipinski definition) is 2. The third-order valence-corrected chi connectivity index (χ3v) is 4.45. The molecule has 3 unspecified atom stereocenters. The molecule has 22 heavy (non-hydrogen) atoms. The number of methoxy groups -OCH3 is 1. The van der Waals surface area contributed by atoms with E-state index in [1.54, 1.807) is 12.1 Å². The molecule has 3 atom stereocenters. The molecule has 1 fully saturated rings. The Kier molecular flexibility index (Phi) is 5.63. The van der Waals surface area contributed by atoms with Crippen molar-refractivity contribution in [3.63, 3.8) is 0 Å². The van der Waals surface area contributed by atoms with Crippen LogP contribution in [0.3, 0.4) is 0 Å². The molecule has 0 heterocycles. The van der Waals surface area contributed by atoms with Crippen LogP contribution in [-0.4, -0.2) is 19.2 Å². The Hall–Kier alpha value is -1.78. The van der Waals surface area contributed by atoms with Gasteiger partial charge in [-0.2, -0.15) is 0 Å². The van der Waals surface area contributed by atoms with Gasteiger partial charge >= 0.3 is 6.03 Å². The summed E-state index contributed by atoms with van der Waals surface area (Å²) in [4.78, 5) is 12.1. The molecule has 0 spiro atoms. The van der Waals surface area contributed by atoms with E-state index >= 15 is 0 Å². The van der Waals surface area contributed by atoms with E-state index in [9.17, 15) is 9.18 Å². The van der Waals surface area contributed by atoms with Gasteiger partial charge in [0.15, 0.2) is 11.6 Å². The van der Waals surface area contributed by atoms with E-state index in [0.29, 0.717) is 11.5 Å². The Morgan fingerprint density at radius 2 is 2.09 bits per heavy atom. The first-order valence-electron chi connectivity index (χ1n) is 7.91. The predicted octanol–water partition coefficient (Wildman–Crippen LogP) is 3.77. The van der Waals surface area contributed by atoms with E-state index in [0.717, 1.165) is 19.3 Å². The molecule has 2 rings (SSSR count). The van der Waals surface area contributed by atoms with Gasteiger partial charge in [-0.1, -0.05) is 25.8 Å². The molecule has 122 valence electrons. The lowest BCUT2D eigenvalue weighted by atomic mass is 9.86. The van der Waals surface area contributed by atoms with Gasteiger partial charge in [0.05, 0.1) is 13.2 Å². The first-order valence-corrected chi connectivity index (χ1v) is 7.91. The molecule has 0 aliphatic heterocycles. The van der Waals surface area contributed by atoms with Gasteiger partial charge in [0.25, 0.3) is 0 Å².